The molecule has 2 aromatic rings. The number of anilines is 1. The zero-order valence-electron chi connectivity index (χ0n) is 16.5. The molecule has 0 unspecified atom stereocenters. The number of rotatable bonds is 5. The van der Waals surface area contributed by atoms with E-state index in [1.54, 1.807) is 6.21 Å². The number of hydrazone groups is 1. The Balaban J connectivity index is 1.61. The number of hydrogen-bond acceptors (Lipinski definition) is 3. The van der Waals surface area contributed by atoms with E-state index in [0.717, 1.165) is 11.1 Å². The van der Waals surface area contributed by atoms with Crippen molar-refractivity contribution in [3.8, 4) is 0 Å². The Morgan fingerprint density at radius 2 is 1.93 bits per heavy atom. The lowest BCUT2D eigenvalue weighted by atomic mass is 9.89. The molecule has 0 saturated carbocycles. The predicted molar refractivity (Wildman–Crippen MR) is 113 cm³/mol. The van der Waals surface area contributed by atoms with Crippen LogP contribution >= 0.6 is 0 Å². The van der Waals surface area contributed by atoms with Crippen molar-refractivity contribution in [3.63, 3.8) is 0 Å². The normalized spacial score (nSPS) is 15.4. The van der Waals surface area contributed by atoms with Gasteiger partial charge in [0.25, 0.3) is 0 Å². The number of hydrogen-bond donors (Lipinski definition) is 1. The van der Waals surface area contributed by atoms with E-state index in [4.69, 9.17) is 0 Å². The molecule has 1 amide bonds. The van der Waals surface area contributed by atoms with Crippen molar-refractivity contribution in [1.29, 1.82) is 0 Å². The standard InChI is InChI=1S/C23H27N3O/c1-17-15-23(2,3)26(4)21-12-10-19(14-20(17)21)16-24-25-22(27)13-11-18-8-6-5-7-9-18/h5-10,12,14-16H,11,13H2,1-4H3,(H,25,27)/b24-16-. The lowest BCUT2D eigenvalue weighted by Gasteiger charge is -2.40. The minimum absolute atomic E-state index is 0.000578. The second-order valence-corrected chi connectivity index (χ2v) is 7.60. The van der Waals surface area contributed by atoms with Crippen LogP contribution in [0.2, 0.25) is 0 Å². The van der Waals surface area contributed by atoms with E-state index in [9.17, 15) is 4.79 Å². The lowest BCUT2D eigenvalue weighted by Crippen LogP contribution is -2.42. The molecule has 0 fully saturated rings. The van der Waals surface area contributed by atoms with Crippen LogP contribution in [0.15, 0.2) is 59.7 Å². The third-order valence-electron chi connectivity index (χ3n) is 5.13. The van der Waals surface area contributed by atoms with Gasteiger partial charge in [-0.05, 0) is 56.0 Å². The summed E-state index contributed by atoms with van der Waals surface area (Å²) in [5, 5.41) is 4.12. The fraction of sp³-hybridized carbons (Fsp3) is 0.304. The molecule has 1 aliphatic rings. The van der Waals surface area contributed by atoms with Crippen LogP contribution in [0.25, 0.3) is 5.57 Å². The summed E-state index contributed by atoms with van der Waals surface area (Å²) >= 11 is 0. The van der Waals surface area contributed by atoms with Crippen molar-refractivity contribution in [1.82, 2.24) is 5.43 Å². The van der Waals surface area contributed by atoms with Gasteiger partial charge in [-0.3, -0.25) is 4.79 Å². The third kappa shape index (κ3) is 4.45. The van der Waals surface area contributed by atoms with Gasteiger partial charge in [-0.2, -0.15) is 5.10 Å². The summed E-state index contributed by atoms with van der Waals surface area (Å²) in [6.45, 7) is 6.55. The number of nitrogens with one attached hydrogen (secondary N) is 1. The van der Waals surface area contributed by atoms with Crippen LogP contribution in [-0.2, 0) is 11.2 Å². The van der Waals surface area contributed by atoms with Crippen molar-refractivity contribution in [3.05, 3.63) is 71.3 Å². The van der Waals surface area contributed by atoms with Crippen LogP contribution in [0.4, 0.5) is 5.69 Å². The second kappa shape index (κ2) is 7.78. The maximum atomic E-state index is 12.0. The third-order valence-corrected chi connectivity index (χ3v) is 5.13. The molecule has 3 rings (SSSR count). The number of benzene rings is 2. The Hall–Kier alpha value is -2.88. The predicted octanol–water partition coefficient (Wildman–Crippen LogP) is 4.40. The Bertz CT molecular complexity index is 882. The molecule has 0 saturated heterocycles. The number of allylic oxidation sites excluding steroid dienone is 1. The largest absolute Gasteiger partial charge is 0.366 e. The lowest BCUT2D eigenvalue weighted by molar-refractivity contribution is -0.121. The number of carbonyl (C=O) groups is 1. The maximum absolute atomic E-state index is 12.0. The van der Waals surface area contributed by atoms with Crippen LogP contribution in [-0.4, -0.2) is 24.7 Å². The molecule has 0 radical (unpaired) electrons. The van der Waals surface area contributed by atoms with Gasteiger partial charge in [-0.25, -0.2) is 5.43 Å². The van der Waals surface area contributed by atoms with Crippen molar-refractivity contribution in [2.75, 3.05) is 11.9 Å². The van der Waals surface area contributed by atoms with Crippen LogP contribution in [0.5, 0.6) is 0 Å². The number of carbonyl (C=O) groups excluding carboxylic acids is 1. The first-order chi connectivity index (χ1) is 12.9. The number of likely N-dealkylation sites (N-methyl/N-ethyl adjacent to an activating group) is 1. The molecule has 1 N–H and O–H groups in total. The summed E-state index contributed by atoms with van der Waals surface area (Å²) in [5.41, 5.74) is 8.42. The Morgan fingerprint density at radius 3 is 2.67 bits per heavy atom. The van der Waals surface area contributed by atoms with Gasteiger partial charge in [0, 0.05) is 24.7 Å². The highest BCUT2D eigenvalue weighted by molar-refractivity contribution is 5.88. The molecular formula is C23H27N3O. The Kier molecular flexibility index (Phi) is 5.45. The van der Waals surface area contributed by atoms with Gasteiger partial charge < -0.3 is 4.90 Å². The molecule has 1 aliphatic heterocycles. The molecule has 2 aromatic carbocycles. The molecule has 0 atom stereocenters. The molecule has 27 heavy (non-hydrogen) atoms. The highest BCUT2D eigenvalue weighted by Crippen LogP contribution is 2.37. The van der Waals surface area contributed by atoms with Gasteiger partial charge in [-0.1, -0.05) is 42.5 Å². The molecule has 4 heteroatoms. The molecule has 4 nitrogen and oxygen atoms in total. The quantitative estimate of drug-likeness (QED) is 0.634. The minimum atomic E-state index is -0.0781. The Morgan fingerprint density at radius 1 is 1.19 bits per heavy atom. The minimum Gasteiger partial charge on any atom is -0.366 e. The van der Waals surface area contributed by atoms with Crippen LogP contribution in [0, 0.1) is 0 Å². The van der Waals surface area contributed by atoms with Gasteiger partial charge in [-0.15, -0.1) is 0 Å². The van der Waals surface area contributed by atoms with E-state index >= 15 is 0 Å². The van der Waals surface area contributed by atoms with E-state index < -0.39 is 0 Å². The average Bonchev–Trinajstić information content (AvgIpc) is 2.65. The second-order valence-electron chi connectivity index (χ2n) is 7.60. The summed E-state index contributed by atoms with van der Waals surface area (Å²) in [5.74, 6) is -0.0781. The maximum Gasteiger partial charge on any atom is 0.240 e. The van der Waals surface area contributed by atoms with E-state index in [1.165, 1.54) is 16.8 Å². The van der Waals surface area contributed by atoms with E-state index in [0.29, 0.717) is 12.8 Å². The fourth-order valence-corrected chi connectivity index (χ4v) is 3.39. The van der Waals surface area contributed by atoms with Crippen molar-refractivity contribution in [2.24, 2.45) is 5.10 Å². The molecular weight excluding hydrogens is 334 g/mol. The van der Waals surface area contributed by atoms with Crippen LogP contribution in [0.1, 0.15) is 43.9 Å². The molecule has 140 valence electrons. The van der Waals surface area contributed by atoms with Gasteiger partial charge in [0.2, 0.25) is 5.91 Å². The van der Waals surface area contributed by atoms with Crippen LogP contribution < -0.4 is 10.3 Å². The van der Waals surface area contributed by atoms with Crippen molar-refractivity contribution >= 4 is 23.4 Å². The number of amides is 1. The average molecular weight is 361 g/mol. The zero-order valence-corrected chi connectivity index (χ0v) is 16.5. The summed E-state index contributed by atoms with van der Waals surface area (Å²) in [4.78, 5) is 14.2. The molecule has 0 spiro atoms. The van der Waals surface area contributed by atoms with Gasteiger partial charge in [0.1, 0.15) is 0 Å². The van der Waals surface area contributed by atoms with E-state index in [1.807, 2.05) is 36.4 Å². The first-order valence-corrected chi connectivity index (χ1v) is 9.30. The van der Waals surface area contributed by atoms with Gasteiger partial charge >= 0.3 is 0 Å². The van der Waals surface area contributed by atoms with E-state index in [2.05, 4.69) is 61.5 Å². The van der Waals surface area contributed by atoms with Crippen molar-refractivity contribution in [2.45, 2.75) is 39.2 Å². The van der Waals surface area contributed by atoms with Crippen LogP contribution in [0.3, 0.4) is 0 Å². The molecule has 0 bridgehead atoms. The van der Waals surface area contributed by atoms with E-state index in [-0.39, 0.29) is 11.4 Å². The highest BCUT2D eigenvalue weighted by atomic mass is 16.2. The summed E-state index contributed by atoms with van der Waals surface area (Å²) in [7, 11) is 2.11. The monoisotopic (exact) mass is 361 g/mol. The highest BCUT2D eigenvalue weighted by Gasteiger charge is 2.28. The summed E-state index contributed by atoms with van der Waals surface area (Å²) < 4.78 is 0. The first kappa shape index (κ1) is 18.9. The summed E-state index contributed by atoms with van der Waals surface area (Å²) in [6.07, 6.45) is 5.12. The zero-order chi connectivity index (χ0) is 19.4. The SMILES string of the molecule is CC1=CC(C)(C)N(C)c2ccc(/C=N\NC(=O)CCc3ccccc3)cc21. The molecule has 0 aromatic heterocycles. The molecule has 1 heterocycles. The van der Waals surface area contributed by atoms with Gasteiger partial charge in [0.05, 0.1) is 11.8 Å². The van der Waals surface area contributed by atoms with Gasteiger partial charge in [0.15, 0.2) is 0 Å². The fourth-order valence-electron chi connectivity index (χ4n) is 3.39. The number of fused-ring (bicyclic) bond motifs is 1. The smallest absolute Gasteiger partial charge is 0.240 e. The molecule has 0 aliphatic carbocycles. The van der Waals surface area contributed by atoms with Crippen molar-refractivity contribution < 1.29 is 4.79 Å². The summed E-state index contributed by atoms with van der Waals surface area (Å²) in [6, 6.07) is 16.3. The first-order valence-electron chi connectivity index (χ1n) is 9.30. The number of aryl methyl sites for hydroxylation is 1. The Labute approximate surface area is 161 Å². The topological polar surface area (TPSA) is 44.7 Å². The number of nitrogens with zero attached hydrogens (tertiary/aromatic N) is 2.